The molecule has 0 spiro atoms. The van der Waals surface area contributed by atoms with Gasteiger partial charge in [-0.15, -0.1) is 0 Å². The summed E-state index contributed by atoms with van der Waals surface area (Å²) in [4.78, 5) is 2.38. The van der Waals surface area contributed by atoms with Crippen LogP contribution >= 0.6 is 0 Å². The van der Waals surface area contributed by atoms with Crippen LogP contribution in [0.25, 0.3) is 0 Å². The molecule has 0 aromatic rings. The number of nitrogens with zero attached hydrogens (tertiary/aromatic N) is 1. The van der Waals surface area contributed by atoms with Crippen molar-refractivity contribution in [1.29, 1.82) is 0 Å². The van der Waals surface area contributed by atoms with Crippen molar-refractivity contribution in [3.63, 3.8) is 0 Å². The minimum Gasteiger partial charge on any atom is -0.373 e. The second-order valence-corrected chi connectivity index (χ2v) is 3.95. The van der Waals surface area contributed by atoms with Crippen LogP contribution in [-0.2, 0) is 4.74 Å². The Balaban J connectivity index is 2.34. The summed E-state index contributed by atoms with van der Waals surface area (Å²) in [6, 6.07) is 0.266. The third-order valence-electron chi connectivity index (χ3n) is 2.04. The van der Waals surface area contributed by atoms with Gasteiger partial charge in [0.1, 0.15) is 0 Å². The molecule has 12 heavy (non-hydrogen) atoms. The fourth-order valence-corrected chi connectivity index (χ4v) is 1.84. The van der Waals surface area contributed by atoms with E-state index < -0.39 is 0 Å². The number of hydrogen-bond donors (Lipinski definition) is 1. The summed E-state index contributed by atoms with van der Waals surface area (Å²) in [7, 11) is 0. The van der Waals surface area contributed by atoms with Crippen molar-refractivity contribution in [3.8, 4) is 0 Å². The van der Waals surface area contributed by atoms with Gasteiger partial charge >= 0.3 is 0 Å². The lowest BCUT2D eigenvalue weighted by atomic mass is 10.2. The molecule has 3 nitrogen and oxygen atoms in total. The molecular weight excluding hydrogens is 152 g/mol. The van der Waals surface area contributed by atoms with Crippen molar-refractivity contribution in [2.24, 2.45) is 5.73 Å². The van der Waals surface area contributed by atoms with Crippen molar-refractivity contribution in [3.05, 3.63) is 0 Å². The summed E-state index contributed by atoms with van der Waals surface area (Å²) in [5, 5.41) is 0. The first-order chi connectivity index (χ1) is 5.58. The van der Waals surface area contributed by atoms with Crippen molar-refractivity contribution >= 4 is 0 Å². The smallest absolute Gasteiger partial charge is 0.0678 e. The molecule has 0 aromatic carbocycles. The summed E-state index contributed by atoms with van der Waals surface area (Å²) >= 11 is 0. The number of rotatable bonds is 2. The number of ether oxygens (including phenoxy) is 1. The van der Waals surface area contributed by atoms with Gasteiger partial charge in [-0.25, -0.2) is 0 Å². The lowest BCUT2D eigenvalue weighted by molar-refractivity contribution is -0.0687. The summed E-state index contributed by atoms with van der Waals surface area (Å²) in [5.74, 6) is 0. The molecule has 0 aromatic heterocycles. The Morgan fingerprint density at radius 1 is 1.42 bits per heavy atom. The predicted molar refractivity (Wildman–Crippen MR) is 50.1 cm³/mol. The first-order valence-electron chi connectivity index (χ1n) is 4.71. The van der Waals surface area contributed by atoms with Gasteiger partial charge in [-0.1, -0.05) is 0 Å². The normalized spacial score (nSPS) is 35.0. The first kappa shape index (κ1) is 9.96. The van der Waals surface area contributed by atoms with Crippen molar-refractivity contribution < 1.29 is 4.74 Å². The van der Waals surface area contributed by atoms with Crippen LogP contribution in [0.4, 0.5) is 0 Å². The maximum Gasteiger partial charge on any atom is 0.0678 e. The highest BCUT2D eigenvalue weighted by atomic mass is 16.5. The van der Waals surface area contributed by atoms with Gasteiger partial charge in [0.25, 0.3) is 0 Å². The summed E-state index contributed by atoms with van der Waals surface area (Å²) in [6.45, 7) is 9.30. The van der Waals surface area contributed by atoms with Gasteiger partial charge in [-0.05, 0) is 20.8 Å². The second kappa shape index (κ2) is 4.21. The van der Waals surface area contributed by atoms with Gasteiger partial charge in [0.2, 0.25) is 0 Å². The molecule has 1 aliphatic heterocycles. The molecule has 0 bridgehead atoms. The molecule has 3 heteroatoms. The van der Waals surface area contributed by atoms with E-state index in [1.807, 2.05) is 6.92 Å². The summed E-state index contributed by atoms with van der Waals surface area (Å²) < 4.78 is 5.62. The lowest BCUT2D eigenvalue weighted by Crippen LogP contribution is -2.48. The first-order valence-corrected chi connectivity index (χ1v) is 4.71. The summed E-state index contributed by atoms with van der Waals surface area (Å²) in [6.07, 6.45) is 0.708. The van der Waals surface area contributed by atoms with E-state index in [2.05, 4.69) is 18.7 Å². The highest BCUT2D eigenvalue weighted by Gasteiger charge is 2.22. The van der Waals surface area contributed by atoms with Gasteiger partial charge in [0.15, 0.2) is 0 Å². The third-order valence-corrected chi connectivity index (χ3v) is 2.04. The van der Waals surface area contributed by atoms with Gasteiger partial charge in [0.05, 0.1) is 12.2 Å². The van der Waals surface area contributed by atoms with E-state index in [1.54, 1.807) is 0 Å². The highest BCUT2D eigenvalue weighted by molar-refractivity contribution is 4.75. The number of morpholine rings is 1. The molecule has 2 N–H and O–H groups in total. The van der Waals surface area contributed by atoms with Crippen molar-refractivity contribution in [2.45, 2.75) is 39.0 Å². The average molecular weight is 172 g/mol. The van der Waals surface area contributed by atoms with E-state index >= 15 is 0 Å². The topological polar surface area (TPSA) is 38.5 Å². The van der Waals surface area contributed by atoms with Crippen molar-refractivity contribution in [2.75, 3.05) is 19.6 Å². The van der Waals surface area contributed by atoms with E-state index in [0.29, 0.717) is 12.2 Å². The fraction of sp³-hybridized carbons (Fsp3) is 1.00. The van der Waals surface area contributed by atoms with Crippen LogP contribution in [-0.4, -0.2) is 42.8 Å². The summed E-state index contributed by atoms with van der Waals surface area (Å²) in [5.41, 5.74) is 5.73. The average Bonchev–Trinajstić information content (AvgIpc) is 1.81. The Hall–Kier alpha value is -0.120. The largest absolute Gasteiger partial charge is 0.373 e. The Morgan fingerprint density at radius 3 is 2.33 bits per heavy atom. The molecule has 3 atom stereocenters. The van der Waals surface area contributed by atoms with Crippen LogP contribution in [0.3, 0.4) is 0 Å². The zero-order valence-corrected chi connectivity index (χ0v) is 8.29. The van der Waals surface area contributed by atoms with E-state index in [1.165, 1.54) is 0 Å². The molecule has 0 saturated carbocycles. The molecule has 1 rings (SSSR count). The maximum atomic E-state index is 5.73. The van der Waals surface area contributed by atoms with E-state index in [9.17, 15) is 0 Å². The maximum absolute atomic E-state index is 5.73. The molecule has 0 radical (unpaired) electrons. The molecule has 0 unspecified atom stereocenters. The zero-order valence-electron chi connectivity index (χ0n) is 8.29. The van der Waals surface area contributed by atoms with Crippen LogP contribution in [0.15, 0.2) is 0 Å². The van der Waals surface area contributed by atoms with Gasteiger partial charge in [-0.3, -0.25) is 4.90 Å². The van der Waals surface area contributed by atoms with E-state index in [-0.39, 0.29) is 6.04 Å². The Kier molecular flexibility index (Phi) is 3.50. The molecule has 0 amide bonds. The van der Waals surface area contributed by atoms with E-state index in [4.69, 9.17) is 10.5 Å². The van der Waals surface area contributed by atoms with E-state index in [0.717, 1.165) is 19.6 Å². The van der Waals surface area contributed by atoms with Gasteiger partial charge < -0.3 is 10.5 Å². The molecular formula is C9H20N2O. The molecule has 72 valence electrons. The molecule has 1 fully saturated rings. The number of nitrogens with two attached hydrogens (primary N) is 1. The Morgan fingerprint density at radius 2 is 1.92 bits per heavy atom. The molecule has 0 aliphatic carbocycles. The van der Waals surface area contributed by atoms with Crippen LogP contribution in [0, 0.1) is 0 Å². The quantitative estimate of drug-likeness (QED) is 0.657. The number of hydrogen-bond acceptors (Lipinski definition) is 3. The molecule has 1 heterocycles. The zero-order chi connectivity index (χ0) is 9.14. The third kappa shape index (κ3) is 3.09. The standard InChI is InChI=1S/C9H20N2O/c1-7(10)4-11-5-8(2)12-9(3)6-11/h7-9H,4-6,10H2,1-3H3/t7-,8-,9+/m1/s1. The Labute approximate surface area is 74.9 Å². The minimum absolute atomic E-state index is 0.266. The monoisotopic (exact) mass is 172 g/mol. The van der Waals surface area contributed by atoms with Crippen molar-refractivity contribution in [1.82, 2.24) is 4.90 Å². The van der Waals surface area contributed by atoms with Gasteiger partial charge in [-0.2, -0.15) is 0 Å². The molecule has 1 aliphatic rings. The van der Waals surface area contributed by atoms with Crippen LogP contribution in [0.5, 0.6) is 0 Å². The minimum atomic E-state index is 0.266. The highest BCUT2D eigenvalue weighted by Crippen LogP contribution is 2.10. The Bertz CT molecular complexity index is 126. The lowest BCUT2D eigenvalue weighted by Gasteiger charge is -2.36. The molecule has 1 saturated heterocycles. The predicted octanol–water partition coefficient (Wildman–Crippen LogP) is 0.443. The van der Waals surface area contributed by atoms with Gasteiger partial charge in [0, 0.05) is 25.7 Å². The SMILES string of the molecule is C[C@@H]1CN(C[C@@H](C)N)C[C@H](C)O1. The van der Waals surface area contributed by atoms with Crippen LogP contribution in [0.2, 0.25) is 0 Å². The van der Waals surface area contributed by atoms with Crippen LogP contribution in [0.1, 0.15) is 20.8 Å². The second-order valence-electron chi connectivity index (χ2n) is 3.95. The fourth-order valence-electron chi connectivity index (χ4n) is 1.84. The van der Waals surface area contributed by atoms with Crippen LogP contribution < -0.4 is 5.73 Å².